The minimum atomic E-state index is -4.35. The summed E-state index contributed by atoms with van der Waals surface area (Å²) < 4.78 is 37.2. The normalized spacial score (nSPS) is 18.9. The van der Waals surface area contributed by atoms with Gasteiger partial charge in [-0.25, -0.2) is 0 Å². The summed E-state index contributed by atoms with van der Waals surface area (Å²) in [7, 11) is 0. The maximum Gasteiger partial charge on any atom is 0.416 e. The molecule has 8 heteroatoms. The van der Waals surface area contributed by atoms with Gasteiger partial charge in [0.1, 0.15) is 0 Å². The quantitative estimate of drug-likeness (QED) is 0.837. The largest absolute Gasteiger partial charge is 0.416 e. The van der Waals surface area contributed by atoms with Crippen molar-refractivity contribution in [3.8, 4) is 0 Å². The monoisotopic (exact) mass is 322 g/mol. The highest BCUT2D eigenvalue weighted by molar-refractivity contribution is 6.00. The van der Waals surface area contributed by atoms with Crippen LogP contribution in [0.25, 0.3) is 0 Å². The predicted molar refractivity (Wildman–Crippen MR) is 71.7 cm³/mol. The molecule has 0 bridgehead atoms. The molecular weight excluding hydrogens is 309 g/mol. The van der Waals surface area contributed by atoms with Gasteiger partial charge in [0, 0.05) is 13.0 Å². The maximum absolute atomic E-state index is 12.4. The van der Waals surface area contributed by atoms with Crippen molar-refractivity contribution in [2.45, 2.75) is 31.6 Å². The van der Waals surface area contributed by atoms with Crippen LogP contribution in [0, 0.1) is 0 Å². The molecule has 1 fully saturated rings. The minimum absolute atomic E-state index is 0. The Kier molecular flexibility index (Phi) is 5.74. The molecule has 4 nitrogen and oxygen atoms in total. The van der Waals surface area contributed by atoms with E-state index in [0.717, 1.165) is 12.1 Å². The summed E-state index contributed by atoms with van der Waals surface area (Å²) >= 11 is 0. The van der Waals surface area contributed by atoms with Crippen LogP contribution in [-0.4, -0.2) is 17.9 Å². The molecular formula is C13H14ClF3N2O2. The molecule has 2 N–H and O–H groups in total. The van der Waals surface area contributed by atoms with Crippen molar-refractivity contribution in [1.29, 1.82) is 0 Å². The summed E-state index contributed by atoms with van der Waals surface area (Å²) in [5.74, 6) is -0.698. The van der Waals surface area contributed by atoms with Crippen LogP contribution in [0.3, 0.4) is 0 Å². The molecule has 0 aromatic heterocycles. The topological polar surface area (TPSA) is 58.2 Å². The van der Waals surface area contributed by atoms with Gasteiger partial charge in [0.15, 0.2) is 0 Å². The molecule has 1 aliphatic heterocycles. The molecule has 1 aromatic rings. The molecule has 1 saturated heterocycles. The smallest absolute Gasteiger partial charge is 0.302 e. The van der Waals surface area contributed by atoms with E-state index in [9.17, 15) is 22.8 Å². The molecule has 2 rings (SSSR count). The summed E-state index contributed by atoms with van der Waals surface area (Å²) in [4.78, 5) is 22.4. The molecule has 1 atom stereocenters. The summed E-state index contributed by atoms with van der Waals surface area (Å²) in [6.45, 7) is 0.268. The number of piperidine rings is 1. The number of carbonyl (C=O) groups is 2. The molecule has 116 valence electrons. The van der Waals surface area contributed by atoms with E-state index in [0.29, 0.717) is 12.0 Å². The molecule has 21 heavy (non-hydrogen) atoms. The lowest BCUT2D eigenvalue weighted by Crippen LogP contribution is -2.50. The van der Waals surface area contributed by atoms with Crippen LogP contribution >= 0.6 is 12.4 Å². The fourth-order valence-electron chi connectivity index (χ4n) is 1.94. The van der Waals surface area contributed by atoms with E-state index in [2.05, 4.69) is 10.6 Å². The van der Waals surface area contributed by atoms with Crippen LogP contribution in [0.5, 0.6) is 0 Å². The Morgan fingerprint density at radius 2 is 1.81 bits per heavy atom. The van der Waals surface area contributed by atoms with Gasteiger partial charge in [0.05, 0.1) is 11.6 Å². The van der Waals surface area contributed by atoms with E-state index in [1.165, 1.54) is 12.1 Å². The van der Waals surface area contributed by atoms with Gasteiger partial charge in [-0.3, -0.25) is 14.9 Å². The minimum Gasteiger partial charge on any atom is -0.302 e. The van der Waals surface area contributed by atoms with Gasteiger partial charge in [-0.15, -0.1) is 12.4 Å². The molecule has 0 aliphatic carbocycles. The van der Waals surface area contributed by atoms with E-state index >= 15 is 0 Å². The van der Waals surface area contributed by atoms with Gasteiger partial charge in [-0.1, -0.05) is 12.1 Å². The molecule has 1 heterocycles. The summed E-state index contributed by atoms with van der Waals surface area (Å²) in [5, 5.41) is 5.13. The number of nitrogens with one attached hydrogen (secondary N) is 2. The molecule has 1 aliphatic rings. The molecule has 2 amide bonds. The molecule has 1 unspecified atom stereocenters. The third-order valence-electron chi connectivity index (χ3n) is 3.07. The second-order valence-electron chi connectivity index (χ2n) is 4.58. The van der Waals surface area contributed by atoms with Gasteiger partial charge < -0.3 is 5.32 Å². The van der Waals surface area contributed by atoms with Gasteiger partial charge in [-0.2, -0.15) is 13.2 Å². The zero-order chi connectivity index (χ0) is 14.8. The van der Waals surface area contributed by atoms with Crippen molar-refractivity contribution in [2.75, 3.05) is 0 Å². The Morgan fingerprint density at radius 1 is 1.19 bits per heavy atom. The zero-order valence-electron chi connectivity index (χ0n) is 10.9. The average molecular weight is 323 g/mol. The first kappa shape index (κ1) is 17.5. The number of halogens is 4. The highest BCUT2D eigenvalue weighted by Crippen LogP contribution is 2.29. The van der Waals surface area contributed by atoms with Crippen LogP contribution in [0.4, 0.5) is 13.2 Å². The van der Waals surface area contributed by atoms with Gasteiger partial charge in [-0.05, 0) is 24.1 Å². The van der Waals surface area contributed by atoms with Crippen LogP contribution < -0.4 is 10.6 Å². The molecule has 0 radical (unpaired) electrons. The number of amides is 2. The first-order valence-corrected chi connectivity index (χ1v) is 6.09. The first-order chi connectivity index (χ1) is 9.36. The summed E-state index contributed by atoms with van der Waals surface area (Å²) in [6, 6.07) is 4.24. The Balaban J connectivity index is 0.00000220. The second-order valence-corrected chi connectivity index (χ2v) is 4.58. The third kappa shape index (κ3) is 4.71. The highest BCUT2D eigenvalue weighted by atomic mass is 35.5. The van der Waals surface area contributed by atoms with Crippen molar-refractivity contribution >= 4 is 24.2 Å². The van der Waals surface area contributed by atoms with E-state index in [1.54, 1.807) is 0 Å². The summed E-state index contributed by atoms with van der Waals surface area (Å²) in [5.41, 5.74) is -0.0649. The van der Waals surface area contributed by atoms with Crippen LogP contribution in [-0.2, 0) is 22.3 Å². The number of hydrogen-bond donors (Lipinski definition) is 2. The number of carbonyl (C=O) groups excluding carboxylic acids is 2. The second kappa shape index (κ2) is 6.91. The SMILES string of the molecule is Cl.O=C1CCC(NCc2ccc(C(F)(F)F)cc2)C(=O)N1. The van der Waals surface area contributed by atoms with Crippen molar-refractivity contribution in [3.05, 3.63) is 35.4 Å². The van der Waals surface area contributed by atoms with E-state index < -0.39 is 23.7 Å². The van der Waals surface area contributed by atoms with Crippen molar-refractivity contribution in [2.24, 2.45) is 0 Å². The zero-order valence-corrected chi connectivity index (χ0v) is 11.7. The maximum atomic E-state index is 12.4. The fraction of sp³-hybridized carbons (Fsp3) is 0.385. The lowest BCUT2D eigenvalue weighted by atomic mass is 10.1. The van der Waals surface area contributed by atoms with Crippen LogP contribution in [0.2, 0.25) is 0 Å². The van der Waals surface area contributed by atoms with E-state index in [-0.39, 0.29) is 31.3 Å². The number of hydrogen-bond acceptors (Lipinski definition) is 3. The number of imide groups is 1. The Labute approximate surface area is 125 Å². The number of rotatable bonds is 3. The van der Waals surface area contributed by atoms with Crippen molar-refractivity contribution < 1.29 is 22.8 Å². The lowest BCUT2D eigenvalue weighted by molar-refractivity contribution is -0.137. The molecule has 0 spiro atoms. The number of benzene rings is 1. The average Bonchev–Trinajstić information content (AvgIpc) is 2.37. The van der Waals surface area contributed by atoms with Crippen molar-refractivity contribution in [3.63, 3.8) is 0 Å². The number of alkyl halides is 3. The van der Waals surface area contributed by atoms with Crippen LogP contribution in [0.15, 0.2) is 24.3 Å². The first-order valence-electron chi connectivity index (χ1n) is 6.09. The lowest BCUT2D eigenvalue weighted by Gasteiger charge is -2.21. The van der Waals surface area contributed by atoms with Gasteiger partial charge in [0.25, 0.3) is 0 Å². The predicted octanol–water partition coefficient (Wildman–Crippen LogP) is 2.02. The third-order valence-corrected chi connectivity index (χ3v) is 3.07. The van der Waals surface area contributed by atoms with Gasteiger partial charge >= 0.3 is 6.18 Å². The Morgan fingerprint density at radius 3 is 2.33 bits per heavy atom. The van der Waals surface area contributed by atoms with Gasteiger partial charge in [0.2, 0.25) is 11.8 Å². The van der Waals surface area contributed by atoms with E-state index in [4.69, 9.17) is 0 Å². The standard InChI is InChI=1S/C13H13F3N2O2.ClH/c14-13(15,16)9-3-1-8(2-4-9)7-17-10-5-6-11(19)18-12(10)20;/h1-4,10,17H,5-7H2,(H,18,19,20);1H. The van der Waals surface area contributed by atoms with E-state index in [1.807, 2.05) is 0 Å². The Bertz CT molecular complexity index is 517. The molecule has 0 saturated carbocycles. The van der Waals surface area contributed by atoms with Crippen molar-refractivity contribution in [1.82, 2.24) is 10.6 Å². The van der Waals surface area contributed by atoms with Crippen LogP contribution in [0.1, 0.15) is 24.0 Å². The Hall–Kier alpha value is -1.60. The highest BCUT2D eigenvalue weighted by Gasteiger charge is 2.30. The summed E-state index contributed by atoms with van der Waals surface area (Å²) in [6.07, 6.45) is -3.70. The fourth-order valence-corrected chi connectivity index (χ4v) is 1.94. The molecule has 1 aromatic carbocycles.